The van der Waals surface area contributed by atoms with Crippen molar-refractivity contribution in [1.29, 1.82) is 0 Å². The van der Waals surface area contributed by atoms with Gasteiger partial charge in [-0.1, -0.05) is 36.8 Å². The first kappa shape index (κ1) is 12.8. The summed E-state index contributed by atoms with van der Waals surface area (Å²) in [6.45, 7) is 7.16. The van der Waals surface area contributed by atoms with E-state index >= 15 is 0 Å². The third-order valence-corrected chi connectivity index (χ3v) is 2.62. The van der Waals surface area contributed by atoms with Crippen molar-refractivity contribution in [3.8, 4) is 11.8 Å². The molecule has 0 spiro atoms. The van der Waals surface area contributed by atoms with E-state index in [0.29, 0.717) is 6.04 Å². The second-order valence-corrected chi connectivity index (χ2v) is 4.08. The van der Waals surface area contributed by atoms with Gasteiger partial charge in [0.1, 0.15) is 0 Å². The van der Waals surface area contributed by atoms with E-state index in [2.05, 4.69) is 55.3 Å². The van der Waals surface area contributed by atoms with Gasteiger partial charge >= 0.3 is 0 Å². The summed E-state index contributed by atoms with van der Waals surface area (Å²) in [5.74, 6) is 6.11. The second kappa shape index (κ2) is 7.09. The maximum Gasteiger partial charge on any atom is 0.0246 e. The summed E-state index contributed by atoms with van der Waals surface area (Å²) < 4.78 is 0. The highest BCUT2D eigenvalue weighted by Gasteiger charge is 2.06. The Morgan fingerprint density at radius 1 is 1.25 bits per heavy atom. The van der Waals surface area contributed by atoms with Crippen LogP contribution in [0.5, 0.6) is 0 Å². The van der Waals surface area contributed by atoms with Gasteiger partial charge in [-0.05, 0) is 32.4 Å². The third-order valence-electron chi connectivity index (χ3n) is 2.62. The Balaban J connectivity index is 2.58. The van der Waals surface area contributed by atoms with Crippen LogP contribution in [0, 0.1) is 18.8 Å². The Bertz CT molecular complexity index is 353. The van der Waals surface area contributed by atoms with Crippen LogP contribution in [0.2, 0.25) is 0 Å². The van der Waals surface area contributed by atoms with Gasteiger partial charge in [0, 0.05) is 12.5 Å². The first-order chi connectivity index (χ1) is 7.76. The van der Waals surface area contributed by atoms with Gasteiger partial charge in [0.05, 0.1) is 0 Å². The highest BCUT2D eigenvalue weighted by molar-refractivity contribution is 5.22. The first-order valence-corrected chi connectivity index (χ1v) is 5.94. The molecule has 1 atom stereocenters. The van der Waals surface area contributed by atoms with Crippen molar-refractivity contribution in [2.45, 2.75) is 39.7 Å². The van der Waals surface area contributed by atoms with Crippen LogP contribution < -0.4 is 5.32 Å². The maximum absolute atomic E-state index is 3.48. The quantitative estimate of drug-likeness (QED) is 0.745. The minimum Gasteiger partial charge on any atom is -0.313 e. The summed E-state index contributed by atoms with van der Waals surface area (Å²) in [5.41, 5.74) is 2.70. The molecule has 0 bridgehead atoms. The molecule has 0 aliphatic rings. The van der Waals surface area contributed by atoms with Gasteiger partial charge in [-0.2, -0.15) is 0 Å². The fourth-order valence-electron chi connectivity index (χ4n) is 1.74. The van der Waals surface area contributed by atoms with E-state index in [-0.39, 0.29) is 0 Å². The number of aryl methyl sites for hydroxylation is 1. The Kier molecular flexibility index (Phi) is 5.67. The Morgan fingerprint density at radius 2 is 1.94 bits per heavy atom. The molecule has 1 heteroatoms. The van der Waals surface area contributed by atoms with E-state index in [0.717, 1.165) is 19.4 Å². The van der Waals surface area contributed by atoms with Crippen molar-refractivity contribution in [2.24, 2.45) is 0 Å². The summed E-state index contributed by atoms with van der Waals surface area (Å²) in [6.07, 6.45) is 1.99. The van der Waals surface area contributed by atoms with Crippen LogP contribution in [-0.4, -0.2) is 12.6 Å². The molecule has 0 aromatic heterocycles. The predicted octanol–water partition coefficient (Wildman–Crippen LogP) is 2.93. The molecular weight excluding hydrogens is 194 g/mol. The number of rotatable bonds is 5. The summed E-state index contributed by atoms with van der Waals surface area (Å²) in [6, 6.07) is 9.23. The standard InChI is InChI=1S/C15H21N/c1-4-6-7-15(16-5-2)12-14-10-8-13(3)9-11-14/h8-11,15-16H,5,7,12H2,1-3H3. The largest absolute Gasteiger partial charge is 0.313 e. The number of benzene rings is 1. The fraction of sp³-hybridized carbons (Fsp3) is 0.467. The summed E-state index contributed by atoms with van der Waals surface area (Å²) in [4.78, 5) is 0. The zero-order valence-electron chi connectivity index (χ0n) is 10.5. The smallest absolute Gasteiger partial charge is 0.0246 e. The molecule has 0 radical (unpaired) electrons. The molecule has 0 aliphatic carbocycles. The predicted molar refractivity (Wildman–Crippen MR) is 70.4 cm³/mol. The molecule has 1 unspecified atom stereocenters. The van der Waals surface area contributed by atoms with Gasteiger partial charge in [-0.15, -0.1) is 11.8 Å². The Labute approximate surface area is 99.3 Å². The van der Waals surface area contributed by atoms with Gasteiger partial charge in [0.25, 0.3) is 0 Å². The van der Waals surface area contributed by atoms with Crippen molar-refractivity contribution < 1.29 is 0 Å². The van der Waals surface area contributed by atoms with E-state index in [4.69, 9.17) is 0 Å². The number of likely N-dealkylation sites (N-methyl/N-ethyl adjacent to an activating group) is 1. The molecular formula is C15H21N. The van der Waals surface area contributed by atoms with Crippen LogP contribution in [-0.2, 0) is 6.42 Å². The second-order valence-electron chi connectivity index (χ2n) is 4.08. The van der Waals surface area contributed by atoms with Crippen molar-refractivity contribution >= 4 is 0 Å². The van der Waals surface area contributed by atoms with Gasteiger partial charge in [-0.25, -0.2) is 0 Å². The van der Waals surface area contributed by atoms with Crippen molar-refractivity contribution in [1.82, 2.24) is 5.32 Å². The minimum absolute atomic E-state index is 0.472. The molecule has 1 rings (SSSR count). The van der Waals surface area contributed by atoms with Crippen LogP contribution in [0.25, 0.3) is 0 Å². The third kappa shape index (κ3) is 4.51. The molecule has 0 amide bonds. The van der Waals surface area contributed by atoms with E-state index in [9.17, 15) is 0 Å². The highest BCUT2D eigenvalue weighted by atomic mass is 14.9. The Morgan fingerprint density at radius 3 is 2.50 bits per heavy atom. The number of nitrogens with one attached hydrogen (secondary N) is 1. The van der Waals surface area contributed by atoms with Gasteiger partial charge in [-0.3, -0.25) is 0 Å². The molecule has 1 aromatic rings. The summed E-state index contributed by atoms with van der Waals surface area (Å²) in [5, 5.41) is 3.48. The maximum atomic E-state index is 3.48. The molecule has 16 heavy (non-hydrogen) atoms. The summed E-state index contributed by atoms with van der Waals surface area (Å²) in [7, 11) is 0. The van der Waals surface area contributed by atoms with Crippen molar-refractivity contribution in [3.63, 3.8) is 0 Å². The highest BCUT2D eigenvalue weighted by Crippen LogP contribution is 2.07. The lowest BCUT2D eigenvalue weighted by Crippen LogP contribution is -2.30. The topological polar surface area (TPSA) is 12.0 Å². The van der Waals surface area contributed by atoms with E-state index in [1.165, 1.54) is 11.1 Å². The molecule has 0 heterocycles. The molecule has 0 saturated heterocycles. The molecule has 0 aliphatic heterocycles. The zero-order valence-corrected chi connectivity index (χ0v) is 10.5. The van der Waals surface area contributed by atoms with Crippen LogP contribution in [0.15, 0.2) is 24.3 Å². The van der Waals surface area contributed by atoms with Crippen LogP contribution >= 0.6 is 0 Å². The first-order valence-electron chi connectivity index (χ1n) is 5.94. The van der Waals surface area contributed by atoms with Crippen LogP contribution in [0.1, 0.15) is 31.4 Å². The summed E-state index contributed by atoms with van der Waals surface area (Å²) >= 11 is 0. The minimum atomic E-state index is 0.472. The van der Waals surface area contributed by atoms with Crippen LogP contribution in [0.4, 0.5) is 0 Å². The number of hydrogen-bond acceptors (Lipinski definition) is 1. The van der Waals surface area contributed by atoms with Gasteiger partial charge < -0.3 is 5.32 Å². The van der Waals surface area contributed by atoms with E-state index < -0.39 is 0 Å². The lowest BCUT2D eigenvalue weighted by Gasteiger charge is -2.15. The zero-order chi connectivity index (χ0) is 11.8. The molecule has 1 aromatic carbocycles. The molecule has 1 nitrogen and oxygen atoms in total. The average Bonchev–Trinajstić information content (AvgIpc) is 2.29. The lowest BCUT2D eigenvalue weighted by atomic mass is 10.0. The van der Waals surface area contributed by atoms with E-state index in [1.807, 2.05) is 6.92 Å². The molecule has 1 N–H and O–H groups in total. The van der Waals surface area contributed by atoms with E-state index in [1.54, 1.807) is 0 Å². The normalized spacial score (nSPS) is 11.7. The van der Waals surface area contributed by atoms with Crippen molar-refractivity contribution in [2.75, 3.05) is 6.54 Å². The fourth-order valence-corrected chi connectivity index (χ4v) is 1.74. The van der Waals surface area contributed by atoms with Crippen LogP contribution in [0.3, 0.4) is 0 Å². The Hall–Kier alpha value is -1.26. The van der Waals surface area contributed by atoms with Crippen molar-refractivity contribution in [3.05, 3.63) is 35.4 Å². The molecule has 0 fully saturated rings. The van der Waals surface area contributed by atoms with Gasteiger partial charge in [0.2, 0.25) is 0 Å². The lowest BCUT2D eigenvalue weighted by molar-refractivity contribution is 0.535. The monoisotopic (exact) mass is 215 g/mol. The molecule has 0 saturated carbocycles. The SMILES string of the molecule is CC#CCC(Cc1ccc(C)cc1)NCC. The van der Waals surface area contributed by atoms with Gasteiger partial charge in [0.15, 0.2) is 0 Å². The number of hydrogen-bond donors (Lipinski definition) is 1. The molecule has 86 valence electrons. The average molecular weight is 215 g/mol.